The van der Waals surface area contributed by atoms with Gasteiger partial charge < -0.3 is 4.98 Å². The van der Waals surface area contributed by atoms with Gasteiger partial charge in [0.15, 0.2) is 5.78 Å². The molecule has 2 rings (SSSR count). The highest BCUT2D eigenvalue weighted by Gasteiger charge is 2.28. The minimum Gasteiger partial charge on any atom is -0.360 e. The first-order valence-corrected chi connectivity index (χ1v) is 6.56. The van der Waals surface area contributed by atoms with Crippen molar-refractivity contribution < 1.29 is 4.79 Å². The van der Waals surface area contributed by atoms with Crippen molar-refractivity contribution in [2.45, 2.75) is 27.2 Å². The van der Waals surface area contributed by atoms with Crippen LogP contribution in [0.2, 0.25) is 0 Å². The number of halogens is 1. The van der Waals surface area contributed by atoms with E-state index in [2.05, 4.69) is 20.9 Å². The van der Waals surface area contributed by atoms with Crippen LogP contribution in [0, 0.1) is 5.41 Å². The molecule has 0 fully saturated rings. The van der Waals surface area contributed by atoms with Gasteiger partial charge in [-0.05, 0) is 18.6 Å². The summed E-state index contributed by atoms with van der Waals surface area (Å²) in [7, 11) is 0. The van der Waals surface area contributed by atoms with Crippen LogP contribution in [0.1, 0.15) is 37.6 Å². The first kappa shape index (κ1) is 12.4. The van der Waals surface area contributed by atoms with E-state index in [1.807, 2.05) is 45.2 Å². The second-order valence-corrected chi connectivity index (χ2v) is 5.87. The van der Waals surface area contributed by atoms with Crippen molar-refractivity contribution in [2.75, 3.05) is 0 Å². The van der Waals surface area contributed by atoms with Crippen molar-refractivity contribution in [1.29, 1.82) is 0 Å². The lowest BCUT2D eigenvalue weighted by Gasteiger charge is -2.20. The van der Waals surface area contributed by atoms with Crippen LogP contribution in [0.25, 0.3) is 10.9 Å². The van der Waals surface area contributed by atoms with Gasteiger partial charge in [-0.25, -0.2) is 0 Å². The molecule has 0 aliphatic heterocycles. The molecule has 1 heterocycles. The van der Waals surface area contributed by atoms with Crippen LogP contribution in [0.4, 0.5) is 0 Å². The van der Waals surface area contributed by atoms with Gasteiger partial charge >= 0.3 is 0 Å². The Balaban J connectivity index is 2.54. The molecule has 0 atom stereocenters. The van der Waals surface area contributed by atoms with E-state index in [0.29, 0.717) is 0 Å². The summed E-state index contributed by atoms with van der Waals surface area (Å²) in [6, 6.07) is 5.94. The van der Waals surface area contributed by atoms with Crippen LogP contribution in [0.5, 0.6) is 0 Å². The number of hydrogen-bond acceptors (Lipinski definition) is 1. The Morgan fingerprint density at radius 1 is 1.41 bits per heavy atom. The molecule has 2 nitrogen and oxygen atoms in total. The fourth-order valence-electron chi connectivity index (χ4n) is 1.81. The predicted molar refractivity (Wildman–Crippen MR) is 74.4 cm³/mol. The standard InChI is InChI=1S/C14H16BrNO/c1-4-14(2,3)13(17)11-8-16-12-7-9(15)5-6-10(11)12/h5-8,16H,4H2,1-3H3. The third-order valence-electron chi connectivity index (χ3n) is 3.39. The summed E-state index contributed by atoms with van der Waals surface area (Å²) in [6.07, 6.45) is 2.66. The molecular weight excluding hydrogens is 278 g/mol. The molecule has 0 saturated carbocycles. The molecule has 0 radical (unpaired) electrons. The van der Waals surface area contributed by atoms with Crippen LogP contribution >= 0.6 is 15.9 Å². The lowest BCUT2D eigenvalue weighted by Crippen LogP contribution is -2.23. The van der Waals surface area contributed by atoms with E-state index in [1.54, 1.807) is 0 Å². The molecule has 1 aromatic carbocycles. The zero-order chi connectivity index (χ0) is 12.6. The van der Waals surface area contributed by atoms with Crippen molar-refractivity contribution >= 4 is 32.6 Å². The predicted octanol–water partition coefficient (Wildman–Crippen LogP) is 4.55. The van der Waals surface area contributed by atoms with E-state index in [1.165, 1.54) is 0 Å². The summed E-state index contributed by atoms with van der Waals surface area (Å²) in [6.45, 7) is 6.03. The van der Waals surface area contributed by atoms with Gasteiger partial charge in [0.05, 0.1) is 0 Å². The molecule has 3 heteroatoms. The summed E-state index contributed by atoms with van der Waals surface area (Å²) in [4.78, 5) is 15.6. The molecule has 1 aromatic heterocycles. The third-order valence-corrected chi connectivity index (χ3v) is 3.88. The van der Waals surface area contributed by atoms with Gasteiger partial charge in [0.1, 0.15) is 0 Å². The van der Waals surface area contributed by atoms with Crippen LogP contribution in [0.3, 0.4) is 0 Å². The maximum atomic E-state index is 12.4. The number of nitrogens with one attached hydrogen (secondary N) is 1. The first-order valence-electron chi connectivity index (χ1n) is 5.77. The smallest absolute Gasteiger partial charge is 0.170 e. The van der Waals surface area contributed by atoms with Gasteiger partial charge in [-0.3, -0.25) is 4.79 Å². The van der Waals surface area contributed by atoms with Gasteiger partial charge in [-0.1, -0.05) is 42.8 Å². The Kier molecular flexibility index (Phi) is 3.13. The first-order chi connectivity index (χ1) is 7.95. The number of fused-ring (bicyclic) bond motifs is 1. The minimum atomic E-state index is -0.303. The zero-order valence-corrected chi connectivity index (χ0v) is 11.9. The summed E-state index contributed by atoms with van der Waals surface area (Å²) in [5, 5.41) is 1.000. The number of carbonyl (C=O) groups excluding carboxylic acids is 1. The largest absolute Gasteiger partial charge is 0.360 e. The third kappa shape index (κ3) is 2.16. The molecule has 1 N–H and O–H groups in total. The highest BCUT2D eigenvalue weighted by atomic mass is 79.9. The zero-order valence-electron chi connectivity index (χ0n) is 10.3. The van der Waals surface area contributed by atoms with E-state index in [-0.39, 0.29) is 11.2 Å². The summed E-state index contributed by atoms with van der Waals surface area (Å²) < 4.78 is 1.01. The SMILES string of the molecule is CCC(C)(C)C(=O)c1c[nH]c2cc(Br)ccc12. The second kappa shape index (κ2) is 4.30. The Hall–Kier alpha value is -1.09. The summed E-state index contributed by atoms with van der Waals surface area (Å²) in [5.41, 5.74) is 1.48. The molecule has 0 spiro atoms. The monoisotopic (exact) mass is 293 g/mol. The highest BCUT2D eigenvalue weighted by Crippen LogP contribution is 2.30. The van der Waals surface area contributed by atoms with Gasteiger partial charge in [0, 0.05) is 32.6 Å². The van der Waals surface area contributed by atoms with Crippen LogP contribution in [0.15, 0.2) is 28.9 Å². The fourth-order valence-corrected chi connectivity index (χ4v) is 2.17. The fraction of sp³-hybridized carbons (Fsp3) is 0.357. The number of ketones is 1. The number of aromatic amines is 1. The maximum Gasteiger partial charge on any atom is 0.170 e. The number of hydrogen-bond donors (Lipinski definition) is 1. The van der Waals surface area contributed by atoms with Crippen molar-refractivity contribution in [3.05, 3.63) is 34.4 Å². The molecule has 90 valence electrons. The van der Waals surface area contributed by atoms with E-state index in [9.17, 15) is 4.79 Å². The van der Waals surface area contributed by atoms with Crippen LogP contribution < -0.4 is 0 Å². The average Bonchev–Trinajstić information content (AvgIpc) is 2.70. The number of rotatable bonds is 3. The minimum absolute atomic E-state index is 0.202. The van der Waals surface area contributed by atoms with Gasteiger partial charge in [0.2, 0.25) is 0 Å². The van der Waals surface area contributed by atoms with Gasteiger partial charge in [-0.2, -0.15) is 0 Å². The van der Waals surface area contributed by atoms with Crippen molar-refractivity contribution in [3.8, 4) is 0 Å². The number of Topliss-reactive ketones (excluding diaryl/α,β-unsaturated/α-hetero) is 1. The average molecular weight is 294 g/mol. The molecule has 17 heavy (non-hydrogen) atoms. The lowest BCUT2D eigenvalue weighted by atomic mass is 9.82. The van der Waals surface area contributed by atoms with E-state index >= 15 is 0 Å². The molecular formula is C14H16BrNO. The Morgan fingerprint density at radius 3 is 2.76 bits per heavy atom. The molecule has 0 amide bonds. The molecule has 2 aromatic rings. The summed E-state index contributed by atoms with van der Waals surface area (Å²) in [5.74, 6) is 0.202. The lowest BCUT2D eigenvalue weighted by molar-refractivity contribution is 0.0835. The Bertz CT molecular complexity index is 569. The van der Waals surface area contributed by atoms with Crippen molar-refractivity contribution in [2.24, 2.45) is 5.41 Å². The van der Waals surface area contributed by atoms with Crippen molar-refractivity contribution in [3.63, 3.8) is 0 Å². The Morgan fingerprint density at radius 2 is 2.12 bits per heavy atom. The highest BCUT2D eigenvalue weighted by molar-refractivity contribution is 9.10. The van der Waals surface area contributed by atoms with E-state index in [4.69, 9.17) is 0 Å². The second-order valence-electron chi connectivity index (χ2n) is 4.96. The van der Waals surface area contributed by atoms with Crippen LogP contribution in [-0.2, 0) is 0 Å². The number of carbonyl (C=O) groups is 1. The topological polar surface area (TPSA) is 32.9 Å². The van der Waals surface area contributed by atoms with E-state index in [0.717, 1.165) is 27.4 Å². The Labute approximate surface area is 110 Å². The molecule has 0 aliphatic carbocycles. The molecule has 0 unspecified atom stereocenters. The number of benzene rings is 1. The van der Waals surface area contributed by atoms with Crippen LogP contribution in [-0.4, -0.2) is 10.8 Å². The maximum absolute atomic E-state index is 12.4. The molecule has 0 aliphatic rings. The normalized spacial score (nSPS) is 12.0. The molecule has 0 saturated heterocycles. The summed E-state index contributed by atoms with van der Waals surface area (Å²) >= 11 is 3.43. The quantitative estimate of drug-likeness (QED) is 0.828. The number of aromatic nitrogens is 1. The van der Waals surface area contributed by atoms with E-state index < -0.39 is 0 Å². The molecule has 0 bridgehead atoms. The van der Waals surface area contributed by atoms with Gasteiger partial charge in [-0.15, -0.1) is 0 Å². The van der Waals surface area contributed by atoms with Crippen molar-refractivity contribution in [1.82, 2.24) is 4.98 Å². The number of H-pyrrole nitrogens is 1. The van der Waals surface area contributed by atoms with Gasteiger partial charge in [0.25, 0.3) is 0 Å².